The monoisotopic (exact) mass is 323 g/mol. The van der Waals surface area contributed by atoms with E-state index in [-0.39, 0.29) is 11.9 Å². The van der Waals surface area contributed by atoms with Gasteiger partial charge in [0.1, 0.15) is 10.7 Å². The number of thiazole rings is 1. The van der Waals surface area contributed by atoms with Crippen molar-refractivity contribution in [1.29, 1.82) is 0 Å². The van der Waals surface area contributed by atoms with Crippen LogP contribution in [0.3, 0.4) is 0 Å². The summed E-state index contributed by atoms with van der Waals surface area (Å²) in [5.74, 6) is -0.0967. The molecule has 4 nitrogen and oxygen atoms in total. The Morgan fingerprint density at radius 3 is 2.76 bits per heavy atom. The summed E-state index contributed by atoms with van der Waals surface area (Å²) in [5.41, 5.74) is 7.16. The van der Waals surface area contributed by atoms with Crippen molar-refractivity contribution in [3.05, 3.63) is 50.9 Å². The number of carbonyl (C=O) groups excluding carboxylic acids is 1. The van der Waals surface area contributed by atoms with E-state index in [9.17, 15) is 4.79 Å². The van der Waals surface area contributed by atoms with E-state index >= 15 is 0 Å². The van der Waals surface area contributed by atoms with Crippen LogP contribution in [-0.4, -0.2) is 22.3 Å². The molecular weight excluding hydrogens is 306 g/mol. The lowest BCUT2D eigenvalue weighted by atomic mass is 10.2. The van der Waals surface area contributed by atoms with E-state index in [2.05, 4.69) is 4.98 Å². The summed E-state index contributed by atoms with van der Waals surface area (Å²) >= 11 is 7.57. The summed E-state index contributed by atoms with van der Waals surface area (Å²) in [6.07, 6.45) is 0. The van der Waals surface area contributed by atoms with Crippen molar-refractivity contribution in [2.24, 2.45) is 5.73 Å². The number of nitrogens with zero attached hydrogens (tertiary/aromatic N) is 2. The Bertz CT molecular complexity index is 627. The molecule has 1 atom stereocenters. The van der Waals surface area contributed by atoms with E-state index in [1.54, 1.807) is 10.3 Å². The second kappa shape index (κ2) is 7.02. The zero-order valence-corrected chi connectivity index (χ0v) is 13.6. The van der Waals surface area contributed by atoms with Gasteiger partial charge < -0.3 is 10.6 Å². The van der Waals surface area contributed by atoms with Crippen molar-refractivity contribution in [3.8, 4) is 0 Å². The highest BCUT2D eigenvalue weighted by Gasteiger charge is 2.19. The molecular formula is C15H18ClN3OS. The maximum atomic E-state index is 12.5. The number of aromatic nitrogens is 1. The molecule has 2 N–H and O–H groups in total. The van der Waals surface area contributed by atoms with Crippen molar-refractivity contribution < 1.29 is 4.79 Å². The maximum Gasteiger partial charge on any atom is 0.273 e. The molecule has 0 spiro atoms. The molecule has 0 saturated carbocycles. The van der Waals surface area contributed by atoms with E-state index in [4.69, 9.17) is 17.3 Å². The van der Waals surface area contributed by atoms with Crippen molar-refractivity contribution in [1.82, 2.24) is 9.88 Å². The summed E-state index contributed by atoms with van der Waals surface area (Å²) in [5, 5.41) is 3.20. The van der Waals surface area contributed by atoms with Gasteiger partial charge in [0.2, 0.25) is 0 Å². The summed E-state index contributed by atoms with van der Waals surface area (Å²) in [6, 6.07) is 7.38. The van der Waals surface area contributed by atoms with Gasteiger partial charge in [-0.3, -0.25) is 4.79 Å². The summed E-state index contributed by atoms with van der Waals surface area (Å²) in [4.78, 5) is 18.5. The van der Waals surface area contributed by atoms with Gasteiger partial charge in [0.25, 0.3) is 5.91 Å². The van der Waals surface area contributed by atoms with E-state index in [0.717, 1.165) is 10.6 Å². The second-order valence-electron chi connectivity index (χ2n) is 4.77. The van der Waals surface area contributed by atoms with Crippen LogP contribution < -0.4 is 5.73 Å². The van der Waals surface area contributed by atoms with Gasteiger partial charge in [0.15, 0.2) is 0 Å². The van der Waals surface area contributed by atoms with Crippen LogP contribution in [0.4, 0.5) is 0 Å². The minimum Gasteiger partial charge on any atom is -0.333 e. The molecule has 1 aromatic heterocycles. The third-order valence-electron chi connectivity index (χ3n) is 3.12. The lowest BCUT2D eigenvalue weighted by Gasteiger charge is -2.20. The third kappa shape index (κ3) is 3.81. The molecule has 1 unspecified atom stereocenters. The van der Waals surface area contributed by atoms with Crippen molar-refractivity contribution >= 4 is 28.8 Å². The van der Waals surface area contributed by atoms with Gasteiger partial charge in [-0.25, -0.2) is 4.98 Å². The fourth-order valence-electron chi connectivity index (χ4n) is 1.92. The maximum absolute atomic E-state index is 12.5. The molecule has 112 valence electrons. The first-order valence-electron chi connectivity index (χ1n) is 6.76. The molecule has 0 aliphatic carbocycles. The van der Waals surface area contributed by atoms with Crippen LogP contribution in [0.15, 0.2) is 29.6 Å². The first-order valence-corrected chi connectivity index (χ1v) is 8.02. The Morgan fingerprint density at radius 1 is 1.48 bits per heavy atom. The molecule has 0 saturated heterocycles. The number of halogens is 1. The molecule has 0 radical (unpaired) electrons. The topological polar surface area (TPSA) is 59.2 Å². The largest absolute Gasteiger partial charge is 0.333 e. The SMILES string of the molecule is CCN(Cc1ccccc1Cl)C(=O)c1csc(C(C)N)n1. The molecule has 0 fully saturated rings. The average molecular weight is 324 g/mol. The van der Waals surface area contributed by atoms with Gasteiger partial charge in [-0.2, -0.15) is 0 Å². The Labute approximate surface area is 133 Å². The molecule has 0 aliphatic heterocycles. The lowest BCUT2D eigenvalue weighted by Crippen LogP contribution is -2.30. The first-order chi connectivity index (χ1) is 10.0. The van der Waals surface area contributed by atoms with Crippen molar-refractivity contribution in [2.45, 2.75) is 26.4 Å². The fraction of sp³-hybridized carbons (Fsp3) is 0.333. The standard InChI is InChI=1S/C15H18ClN3OS/c1-3-19(8-11-6-4-5-7-12(11)16)15(20)13-9-21-14(18-13)10(2)17/h4-7,9-10H,3,8,17H2,1-2H3. The number of hydrogen-bond acceptors (Lipinski definition) is 4. The molecule has 2 rings (SSSR count). The number of rotatable bonds is 5. The molecule has 0 bridgehead atoms. The molecule has 1 aromatic carbocycles. The zero-order valence-electron chi connectivity index (χ0n) is 12.0. The molecule has 6 heteroatoms. The Hall–Kier alpha value is -1.43. The second-order valence-corrected chi connectivity index (χ2v) is 6.07. The van der Waals surface area contributed by atoms with Crippen LogP contribution in [-0.2, 0) is 6.54 Å². The average Bonchev–Trinajstić information content (AvgIpc) is 2.96. The minimum atomic E-state index is -0.157. The number of hydrogen-bond donors (Lipinski definition) is 1. The van der Waals surface area contributed by atoms with Crippen LogP contribution in [0.5, 0.6) is 0 Å². The van der Waals surface area contributed by atoms with Gasteiger partial charge >= 0.3 is 0 Å². The van der Waals surface area contributed by atoms with Crippen molar-refractivity contribution in [3.63, 3.8) is 0 Å². The Kier molecular flexibility index (Phi) is 5.33. The van der Waals surface area contributed by atoms with E-state index in [0.29, 0.717) is 23.8 Å². The predicted octanol–water partition coefficient (Wildman–Crippen LogP) is 3.48. The highest BCUT2D eigenvalue weighted by molar-refractivity contribution is 7.09. The predicted molar refractivity (Wildman–Crippen MR) is 86.6 cm³/mol. The van der Waals surface area contributed by atoms with Crippen LogP contribution >= 0.6 is 22.9 Å². The van der Waals surface area contributed by atoms with Crippen LogP contribution in [0.1, 0.15) is 40.9 Å². The smallest absolute Gasteiger partial charge is 0.273 e. The van der Waals surface area contributed by atoms with Gasteiger partial charge in [-0.15, -0.1) is 11.3 Å². The Balaban J connectivity index is 2.16. The van der Waals surface area contributed by atoms with E-state index in [1.807, 2.05) is 38.1 Å². The minimum absolute atomic E-state index is 0.0967. The molecule has 1 heterocycles. The normalized spacial score (nSPS) is 12.2. The number of amides is 1. The quantitative estimate of drug-likeness (QED) is 0.916. The van der Waals surface area contributed by atoms with Gasteiger partial charge in [-0.05, 0) is 25.5 Å². The van der Waals surface area contributed by atoms with Crippen LogP contribution in [0.25, 0.3) is 0 Å². The van der Waals surface area contributed by atoms with Crippen molar-refractivity contribution in [2.75, 3.05) is 6.54 Å². The first kappa shape index (κ1) is 15.9. The number of benzene rings is 1. The lowest BCUT2D eigenvalue weighted by molar-refractivity contribution is 0.0747. The fourth-order valence-corrected chi connectivity index (χ4v) is 2.86. The highest BCUT2D eigenvalue weighted by atomic mass is 35.5. The van der Waals surface area contributed by atoms with E-state index < -0.39 is 0 Å². The molecule has 2 aromatic rings. The molecule has 21 heavy (non-hydrogen) atoms. The van der Waals surface area contributed by atoms with Gasteiger partial charge in [0, 0.05) is 23.5 Å². The van der Waals surface area contributed by atoms with Crippen LogP contribution in [0.2, 0.25) is 5.02 Å². The molecule has 1 amide bonds. The summed E-state index contributed by atoms with van der Waals surface area (Å²) < 4.78 is 0. The Morgan fingerprint density at radius 2 is 2.19 bits per heavy atom. The highest BCUT2D eigenvalue weighted by Crippen LogP contribution is 2.20. The molecule has 0 aliphatic rings. The van der Waals surface area contributed by atoms with Gasteiger partial charge in [-0.1, -0.05) is 29.8 Å². The number of carbonyl (C=O) groups is 1. The summed E-state index contributed by atoms with van der Waals surface area (Å²) in [6.45, 7) is 4.86. The third-order valence-corrected chi connectivity index (χ3v) is 4.53. The number of nitrogens with two attached hydrogens (primary N) is 1. The van der Waals surface area contributed by atoms with E-state index in [1.165, 1.54) is 11.3 Å². The van der Waals surface area contributed by atoms with Crippen LogP contribution in [0, 0.1) is 0 Å². The summed E-state index contributed by atoms with van der Waals surface area (Å²) in [7, 11) is 0. The van der Waals surface area contributed by atoms with Gasteiger partial charge in [0.05, 0.1) is 6.04 Å². The zero-order chi connectivity index (χ0) is 15.4.